The van der Waals surface area contributed by atoms with E-state index in [2.05, 4.69) is 10.3 Å². The summed E-state index contributed by atoms with van der Waals surface area (Å²) in [7, 11) is 0. The van der Waals surface area contributed by atoms with E-state index in [0.29, 0.717) is 10.6 Å². The van der Waals surface area contributed by atoms with Crippen molar-refractivity contribution in [3.05, 3.63) is 64.9 Å². The lowest BCUT2D eigenvalue weighted by Crippen LogP contribution is -2.32. The van der Waals surface area contributed by atoms with Crippen LogP contribution in [0.5, 0.6) is 0 Å². The molecule has 1 aromatic heterocycles. The van der Waals surface area contributed by atoms with Crippen LogP contribution in [0.15, 0.2) is 48.7 Å². The van der Waals surface area contributed by atoms with Crippen LogP contribution in [0, 0.1) is 0 Å². The molecule has 0 radical (unpaired) electrons. The SMILES string of the molecule is O=C(NCC(C(=O)O)c1ccccc1)c1cc(Cl)ccn1. The fraction of sp³-hybridized carbons (Fsp3) is 0.133. The van der Waals surface area contributed by atoms with Gasteiger partial charge in [0.25, 0.3) is 5.91 Å². The molecule has 1 unspecified atom stereocenters. The van der Waals surface area contributed by atoms with Crippen molar-refractivity contribution < 1.29 is 14.7 Å². The first-order chi connectivity index (χ1) is 10.1. The van der Waals surface area contributed by atoms with Gasteiger partial charge in [-0.3, -0.25) is 14.6 Å². The van der Waals surface area contributed by atoms with E-state index >= 15 is 0 Å². The van der Waals surface area contributed by atoms with Gasteiger partial charge >= 0.3 is 5.97 Å². The summed E-state index contributed by atoms with van der Waals surface area (Å²) in [5.74, 6) is -2.27. The van der Waals surface area contributed by atoms with Crippen molar-refractivity contribution in [2.24, 2.45) is 0 Å². The van der Waals surface area contributed by atoms with Gasteiger partial charge in [0.2, 0.25) is 0 Å². The van der Waals surface area contributed by atoms with Crippen LogP contribution in [0.25, 0.3) is 0 Å². The Labute approximate surface area is 126 Å². The minimum Gasteiger partial charge on any atom is -0.481 e. The zero-order valence-electron chi connectivity index (χ0n) is 11.0. The third kappa shape index (κ3) is 4.03. The number of benzene rings is 1. The van der Waals surface area contributed by atoms with Gasteiger partial charge in [0, 0.05) is 17.8 Å². The molecule has 0 spiro atoms. The van der Waals surface area contributed by atoms with Crippen LogP contribution in [0.4, 0.5) is 0 Å². The molecule has 1 amide bonds. The van der Waals surface area contributed by atoms with Gasteiger partial charge in [-0.15, -0.1) is 0 Å². The number of carbonyl (C=O) groups excluding carboxylic acids is 1. The smallest absolute Gasteiger partial charge is 0.312 e. The number of nitrogens with one attached hydrogen (secondary N) is 1. The Morgan fingerprint density at radius 2 is 1.95 bits per heavy atom. The number of pyridine rings is 1. The molecule has 2 rings (SSSR count). The lowest BCUT2D eigenvalue weighted by molar-refractivity contribution is -0.138. The Kier molecular flexibility index (Phi) is 4.90. The molecule has 1 aromatic carbocycles. The molecule has 108 valence electrons. The molecule has 0 saturated heterocycles. The van der Waals surface area contributed by atoms with E-state index in [1.54, 1.807) is 36.4 Å². The summed E-state index contributed by atoms with van der Waals surface area (Å²) in [5.41, 5.74) is 0.782. The number of amides is 1. The Balaban J connectivity index is 2.06. The van der Waals surface area contributed by atoms with E-state index in [9.17, 15) is 14.7 Å². The molecule has 0 aliphatic heterocycles. The van der Waals surface area contributed by atoms with E-state index in [-0.39, 0.29) is 12.2 Å². The van der Waals surface area contributed by atoms with E-state index < -0.39 is 17.8 Å². The second kappa shape index (κ2) is 6.85. The molecule has 2 aromatic rings. The number of aromatic nitrogens is 1. The van der Waals surface area contributed by atoms with Gasteiger partial charge in [0.15, 0.2) is 0 Å². The van der Waals surface area contributed by atoms with Crippen molar-refractivity contribution in [3.8, 4) is 0 Å². The number of halogens is 1. The van der Waals surface area contributed by atoms with Crippen LogP contribution in [-0.2, 0) is 4.79 Å². The van der Waals surface area contributed by atoms with Gasteiger partial charge in [-0.2, -0.15) is 0 Å². The van der Waals surface area contributed by atoms with Crippen LogP contribution >= 0.6 is 11.6 Å². The summed E-state index contributed by atoms with van der Waals surface area (Å²) in [6.07, 6.45) is 1.42. The summed E-state index contributed by atoms with van der Waals surface area (Å²) in [4.78, 5) is 27.1. The molecule has 2 N–H and O–H groups in total. The van der Waals surface area contributed by atoms with Gasteiger partial charge in [0.05, 0.1) is 5.92 Å². The standard InChI is InChI=1S/C15H13ClN2O3/c16-11-6-7-17-13(8-11)14(19)18-9-12(15(20)21)10-4-2-1-3-5-10/h1-8,12H,9H2,(H,18,19)(H,20,21). The van der Waals surface area contributed by atoms with Crippen molar-refractivity contribution in [2.45, 2.75) is 5.92 Å². The third-order valence-corrected chi connectivity index (χ3v) is 3.16. The fourth-order valence-corrected chi connectivity index (χ4v) is 2.01. The van der Waals surface area contributed by atoms with Gasteiger partial charge in [-0.05, 0) is 17.7 Å². The number of aliphatic carboxylic acids is 1. The maximum absolute atomic E-state index is 11.9. The number of nitrogens with zero attached hydrogens (tertiary/aromatic N) is 1. The Bertz CT molecular complexity index is 646. The van der Waals surface area contributed by atoms with E-state index in [4.69, 9.17) is 11.6 Å². The number of hydrogen-bond acceptors (Lipinski definition) is 3. The van der Waals surface area contributed by atoms with Crippen LogP contribution < -0.4 is 5.32 Å². The van der Waals surface area contributed by atoms with Crippen molar-refractivity contribution in [1.82, 2.24) is 10.3 Å². The van der Waals surface area contributed by atoms with Crippen molar-refractivity contribution in [2.75, 3.05) is 6.54 Å². The number of carboxylic acid groups (broad SMARTS) is 1. The quantitative estimate of drug-likeness (QED) is 0.888. The zero-order valence-corrected chi connectivity index (χ0v) is 11.7. The van der Waals surface area contributed by atoms with Gasteiger partial charge in [-0.25, -0.2) is 0 Å². The molecular weight excluding hydrogens is 292 g/mol. The molecule has 21 heavy (non-hydrogen) atoms. The topological polar surface area (TPSA) is 79.3 Å². The lowest BCUT2D eigenvalue weighted by Gasteiger charge is -2.13. The number of carbonyl (C=O) groups is 2. The summed E-state index contributed by atoms with van der Waals surface area (Å²) < 4.78 is 0. The molecule has 0 fully saturated rings. The van der Waals surface area contributed by atoms with Gasteiger partial charge < -0.3 is 10.4 Å². The maximum Gasteiger partial charge on any atom is 0.312 e. The minimum atomic E-state index is -0.999. The molecule has 1 heterocycles. The summed E-state index contributed by atoms with van der Waals surface area (Å²) in [5, 5.41) is 12.2. The van der Waals surface area contributed by atoms with Crippen molar-refractivity contribution >= 4 is 23.5 Å². The predicted molar refractivity (Wildman–Crippen MR) is 78.4 cm³/mol. The molecule has 5 nitrogen and oxygen atoms in total. The average molecular weight is 305 g/mol. The van der Waals surface area contributed by atoms with Crippen LogP contribution in [-0.4, -0.2) is 28.5 Å². The molecule has 1 atom stereocenters. The Morgan fingerprint density at radius 3 is 2.57 bits per heavy atom. The fourth-order valence-electron chi connectivity index (χ4n) is 1.85. The second-order valence-electron chi connectivity index (χ2n) is 4.37. The number of hydrogen-bond donors (Lipinski definition) is 2. The summed E-state index contributed by atoms with van der Waals surface area (Å²) in [6, 6.07) is 11.7. The van der Waals surface area contributed by atoms with Gasteiger partial charge in [0.1, 0.15) is 5.69 Å². The third-order valence-electron chi connectivity index (χ3n) is 2.92. The first-order valence-corrected chi connectivity index (χ1v) is 6.63. The Morgan fingerprint density at radius 1 is 1.24 bits per heavy atom. The highest BCUT2D eigenvalue weighted by Gasteiger charge is 2.20. The predicted octanol–water partition coefficient (Wildman–Crippen LogP) is 2.33. The van der Waals surface area contributed by atoms with Crippen molar-refractivity contribution in [1.29, 1.82) is 0 Å². The summed E-state index contributed by atoms with van der Waals surface area (Å²) in [6.45, 7) is -0.0215. The van der Waals surface area contributed by atoms with Crippen molar-refractivity contribution in [3.63, 3.8) is 0 Å². The van der Waals surface area contributed by atoms with Gasteiger partial charge in [-0.1, -0.05) is 41.9 Å². The largest absolute Gasteiger partial charge is 0.481 e. The second-order valence-corrected chi connectivity index (χ2v) is 4.81. The number of rotatable bonds is 5. The highest BCUT2D eigenvalue weighted by Crippen LogP contribution is 2.15. The summed E-state index contributed by atoms with van der Waals surface area (Å²) >= 11 is 5.78. The van der Waals surface area contributed by atoms with Crippen LogP contribution in [0.2, 0.25) is 5.02 Å². The van der Waals surface area contributed by atoms with Crippen LogP contribution in [0.3, 0.4) is 0 Å². The molecule has 0 bridgehead atoms. The lowest BCUT2D eigenvalue weighted by atomic mass is 9.99. The molecule has 6 heteroatoms. The Hall–Kier alpha value is -2.40. The molecule has 0 aliphatic rings. The first-order valence-electron chi connectivity index (χ1n) is 6.25. The molecule has 0 saturated carbocycles. The maximum atomic E-state index is 11.9. The van der Waals surface area contributed by atoms with E-state index in [1.807, 2.05) is 0 Å². The van der Waals surface area contributed by atoms with E-state index in [0.717, 1.165) is 0 Å². The highest BCUT2D eigenvalue weighted by molar-refractivity contribution is 6.30. The monoisotopic (exact) mass is 304 g/mol. The highest BCUT2D eigenvalue weighted by atomic mass is 35.5. The molecule has 0 aliphatic carbocycles. The first kappa shape index (κ1) is 15.0. The average Bonchev–Trinajstić information content (AvgIpc) is 2.48. The normalized spacial score (nSPS) is 11.7. The number of carboxylic acids is 1. The van der Waals surface area contributed by atoms with Crippen LogP contribution in [0.1, 0.15) is 22.0 Å². The molecular formula is C15H13ClN2O3. The van der Waals surface area contributed by atoms with E-state index in [1.165, 1.54) is 12.3 Å². The zero-order chi connectivity index (χ0) is 15.2. The minimum absolute atomic E-state index is 0.0215.